The Morgan fingerprint density at radius 3 is 1.37 bits per heavy atom. The smallest absolute Gasteiger partial charge is 0.329 e. The number of likely N-dealkylation sites (tertiary alicyclic amines) is 4. The average Bonchev–Trinajstić information content (AvgIpc) is 0.833. The first-order chi connectivity index (χ1) is 63.9. The number of carboxylic acids is 2. The number of aromatic nitrogens is 3. The van der Waals surface area contributed by atoms with Gasteiger partial charge in [-0.1, -0.05) is 86.6 Å². The molecule has 40 heteroatoms. The first-order valence-electron chi connectivity index (χ1n) is 43.9. The van der Waals surface area contributed by atoms with Gasteiger partial charge >= 0.3 is 23.9 Å². The number of methoxy groups -OCH3 is 1. The number of carbonyl (C=O) groups excluding carboxylic acids is 13. The molecule has 7 aromatic rings. The van der Waals surface area contributed by atoms with E-state index in [1.54, 1.807) is 58.9 Å². The number of phenols is 2. The van der Waals surface area contributed by atoms with Gasteiger partial charge < -0.3 is 113 Å². The minimum Gasteiger partial charge on any atom is -0.507 e. The number of hydrogen-bond donors (Lipinski definition) is 12. The van der Waals surface area contributed by atoms with Crippen molar-refractivity contribution in [2.75, 3.05) is 39.9 Å². The van der Waals surface area contributed by atoms with Crippen LogP contribution in [0.4, 0.5) is 0 Å². The number of esters is 2. The number of rotatable bonds is 25. The summed E-state index contributed by atoms with van der Waals surface area (Å²) in [5.41, 5.74) is 4.33. The van der Waals surface area contributed by atoms with Crippen LogP contribution in [0.1, 0.15) is 204 Å². The van der Waals surface area contributed by atoms with Crippen LogP contribution in [0, 0.1) is 13.3 Å². The number of aliphatic hydroxyl groups excluding tert-OH is 2. The molecule has 4 unspecified atom stereocenters. The van der Waals surface area contributed by atoms with E-state index in [-0.39, 0.29) is 123 Å². The summed E-state index contributed by atoms with van der Waals surface area (Å²) in [5.74, 6) is -10.1. The van der Waals surface area contributed by atoms with Crippen LogP contribution < -0.4 is 31.7 Å². The molecule has 14 rings (SSSR count). The first-order valence-corrected chi connectivity index (χ1v) is 43.9. The normalized spacial score (nSPS) is 21.3. The van der Waals surface area contributed by atoms with Crippen molar-refractivity contribution in [1.29, 1.82) is 0 Å². The second-order valence-corrected chi connectivity index (χ2v) is 33.5. The number of nitrogens with two attached hydrogens (primary N) is 1. The number of nitrogens with zero attached hydrogens (tertiary/aromatic N) is 7. The van der Waals surface area contributed by atoms with Gasteiger partial charge in [-0.15, -0.1) is 0 Å². The van der Waals surface area contributed by atoms with Crippen LogP contribution in [-0.4, -0.2) is 277 Å². The van der Waals surface area contributed by atoms with Crippen LogP contribution in [-0.2, 0) is 107 Å². The van der Waals surface area contributed by atoms with Crippen LogP contribution in [0.25, 0.3) is 0 Å². The van der Waals surface area contributed by atoms with Crippen LogP contribution in [0.3, 0.4) is 0 Å². The molecule has 2 aliphatic carbocycles. The maximum atomic E-state index is 14.0. The second-order valence-electron chi connectivity index (χ2n) is 33.5. The number of Topliss-reactive ketones (excluding diaryl/α,β-unsaturated/α-hetero) is 1. The molecule has 5 fully saturated rings. The van der Waals surface area contributed by atoms with E-state index in [1.165, 1.54) is 108 Å². The van der Waals surface area contributed by atoms with Crippen molar-refractivity contribution in [2.45, 2.75) is 217 Å². The predicted molar refractivity (Wildman–Crippen MR) is 481 cm³/mol. The molecule has 4 aromatic carbocycles. The molecule has 8 amide bonds. The third-order valence-corrected chi connectivity index (χ3v) is 23.7. The zero-order valence-electron chi connectivity index (χ0n) is 76.6. The minimum absolute atomic E-state index is 0. The molecular formula is C96H115N12O27Pd-. The fourth-order valence-corrected chi connectivity index (χ4v) is 16.5. The summed E-state index contributed by atoms with van der Waals surface area (Å²) in [4.78, 5) is 205. The number of ether oxygens (including phenoxy) is 5. The molecule has 7 aliphatic rings. The van der Waals surface area contributed by atoms with Gasteiger partial charge in [0.05, 0.1) is 54.0 Å². The number of fused-ring (bicyclic) bond motifs is 3. The van der Waals surface area contributed by atoms with Crippen LogP contribution in [0.5, 0.6) is 17.2 Å². The van der Waals surface area contributed by atoms with Crippen molar-refractivity contribution in [1.82, 2.24) is 55.8 Å². The summed E-state index contributed by atoms with van der Waals surface area (Å²) in [7, 11) is 1.30. The standard InChI is InChI=1S/C41H44N4O14.C21H23N3O4.C15H20N2O3.C14H17N3O4.C4H8O2.CH3.Pd/c1-18(43-38(53)20-9-11-42-12-10-20)40(55)45-13-5-7-24(45)39(54)44-23-14-28(58-19(2)33(23)48)59-26-16-41(56,27(47)17-46)15-22-30(26)37(52)32-31(35(22)50)34(49)21-6-4-8-25(57-3)29(21)36(32)51;1-15(23-19(25)17-9-11-22-12-10-17)20(26)24-13-5-8-18(24)21(27)28-14-16-6-3-2-4-7-16;1-11(16)14(18)17-9-5-8-13(17)15(19)20-10-12-6-3-2-4-7-12;1-9(16-12(18)10-4-6-15-7-5-10)13(19)17-8-2-3-11(17)14(20)21;1-3(2)4(5)6;;/h4,6,8-12,18-19,23-24,26,28,33,46,48,50,52,56H,5,7,13-17H2,1-3H3,(H,43,53)(H,44,54);2-4,6-7,9-12,15,18H,5,8,13-14H2,1H3,(H,23,25);2-4,6-7,11,13H,5,8-10,16H2,1H3;4-7,9,11H,2-3,8H2,1H3,(H,16,18)(H,20,21);3H,1-2H3,(H,5,6);1H3;/q;;;;;-1;/t18-,19?,23?,24+,26+,28?,33?,41+;15-,18+;11-,13+;9-,11+;;;/m1111.../s1. The molecule has 14 atom stereocenters. The molecule has 0 bridgehead atoms. The van der Waals surface area contributed by atoms with Crippen LogP contribution in [0.2, 0.25) is 0 Å². The number of carbonyl (C=O) groups is 15. The van der Waals surface area contributed by atoms with Gasteiger partial charge in [0.1, 0.15) is 91.1 Å². The second kappa shape index (κ2) is 49.9. The minimum atomic E-state index is -2.38. The van der Waals surface area contributed by atoms with E-state index in [0.717, 1.165) is 24.0 Å². The molecule has 5 saturated heterocycles. The largest absolute Gasteiger partial charge is 0.507 e. The number of aromatic hydroxyl groups is 2. The molecule has 13 N–H and O–H groups in total. The number of nitrogens with one attached hydrogen (secondary N) is 4. The Bertz CT molecular complexity index is 5420. The average molecular weight is 1980 g/mol. The molecular weight excluding hydrogens is 1860 g/mol. The van der Waals surface area contributed by atoms with Crippen LogP contribution in [0.15, 0.2) is 152 Å². The zero-order chi connectivity index (χ0) is 97.5. The molecule has 39 nitrogen and oxygen atoms in total. The zero-order valence-corrected chi connectivity index (χ0v) is 78.1. The van der Waals surface area contributed by atoms with Crippen molar-refractivity contribution in [2.24, 2.45) is 11.7 Å². The Labute approximate surface area is 798 Å². The van der Waals surface area contributed by atoms with Gasteiger partial charge in [0.25, 0.3) is 17.7 Å². The van der Waals surface area contributed by atoms with Crippen LogP contribution >= 0.6 is 0 Å². The third-order valence-electron chi connectivity index (χ3n) is 23.7. The van der Waals surface area contributed by atoms with Gasteiger partial charge in [-0.2, -0.15) is 0 Å². The SMILES string of the molecule is CC(C)C(=O)O.COc1cccc2c1C(=O)c1c(O)c3c(c(O)c1C2=O)C[C@@](O)(C(=O)CO)C[C@@H]3OC1CC(NC(=O)[C@@H]2CCCN2C(=O)[C@@H](C)NC(=O)c2ccncc2)C(O)C(C)O1.C[C@@H](N)C(=O)N1CCC[C@H]1C(=O)OCc1ccccc1.C[C@@H](NC(=O)c1ccncc1)C(=O)N1CCC[C@H]1C(=O)O.C[C@@H](NC(=O)c1ccncc1)C(=O)N1CCC[C@H]1C(=O)OCc1ccccc1.[CH3-].[Pd]. The molecule has 136 heavy (non-hydrogen) atoms. The monoisotopic (exact) mass is 1970 g/mol. The van der Waals surface area contributed by atoms with Gasteiger partial charge in [-0.3, -0.25) is 72.5 Å². The fraction of sp³-hybridized carbons (Fsp3) is 0.427. The number of aliphatic carboxylic acids is 2. The van der Waals surface area contributed by atoms with Gasteiger partial charge in [0.15, 0.2) is 17.9 Å². The van der Waals surface area contributed by atoms with Gasteiger partial charge in [0.2, 0.25) is 35.3 Å². The van der Waals surface area contributed by atoms with Gasteiger partial charge in [0, 0.05) is 136 Å². The number of phenolic OH excluding ortho intramolecular Hbond substituents is 2. The Kier molecular flexibility index (Phi) is 39.6. The number of ketones is 3. The number of carboxylic acid groups (broad SMARTS) is 2. The van der Waals surface area contributed by atoms with Crippen molar-refractivity contribution in [3.05, 3.63) is 221 Å². The van der Waals surface area contributed by atoms with Gasteiger partial charge in [-0.25, -0.2) is 14.4 Å². The topological polar surface area (TPSA) is 570 Å². The summed E-state index contributed by atoms with van der Waals surface area (Å²) in [6.45, 7) is 12.1. The maximum absolute atomic E-state index is 14.0. The van der Waals surface area contributed by atoms with E-state index in [0.29, 0.717) is 74.8 Å². The molecule has 0 radical (unpaired) electrons. The summed E-state index contributed by atoms with van der Waals surface area (Å²) < 4.78 is 28.3. The predicted octanol–water partition coefficient (Wildman–Crippen LogP) is 4.82. The Morgan fingerprint density at radius 1 is 0.551 bits per heavy atom. The molecule has 732 valence electrons. The summed E-state index contributed by atoms with van der Waals surface area (Å²) >= 11 is 0. The van der Waals surface area contributed by atoms with E-state index in [1.807, 2.05) is 60.7 Å². The molecule has 0 spiro atoms. The summed E-state index contributed by atoms with van der Waals surface area (Å²) in [6, 6.07) is 25.5. The molecule has 8 heterocycles. The Balaban J connectivity index is 0.000000244. The van der Waals surface area contributed by atoms with E-state index in [9.17, 15) is 97.5 Å². The van der Waals surface area contributed by atoms with Crippen molar-refractivity contribution in [3.8, 4) is 17.2 Å². The van der Waals surface area contributed by atoms with E-state index < -0.39 is 180 Å². The first kappa shape index (κ1) is 108. The molecule has 3 aromatic heterocycles. The Morgan fingerprint density at radius 2 is 0.956 bits per heavy atom. The van der Waals surface area contributed by atoms with Gasteiger partial charge in [-0.05, 0) is 140 Å². The third kappa shape index (κ3) is 26.7. The van der Waals surface area contributed by atoms with Crippen molar-refractivity contribution < 1.29 is 152 Å². The number of benzene rings is 4. The van der Waals surface area contributed by atoms with Crippen molar-refractivity contribution in [3.63, 3.8) is 0 Å². The quantitative estimate of drug-likeness (QED) is 0.0158. The van der Waals surface area contributed by atoms with E-state index in [2.05, 4.69) is 36.2 Å². The van der Waals surface area contributed by atoms with E-state index in [4.69, 9.17) is 39.6 Å². The number of pyridine rings is 3. The number of aliphatic hydroxyl groups is 3. The molecule has 0 saturated carbocycles. The number of hydrogen-bond acceptors (Lipinski definition) is 29. The summed E-state index contributed by atoms with van der Waals surface area (Å²) in [5, 5.41) is 83.8. The molecule has 5 aliphatic heterocycles. The Hall–Kier alpha value is -13.2. The summed E-state index contributed by atoms with van der Waals surface area (Å²) in [6.07, 6.45) is 6.95. The van der Waals surface area contributed by atoms with E-state index >= 15 is 0 Å². The number of amides is 8. The fourth-order valence-electron chi connectivity index (χ4n) is 16.5. The maximum Gasteiger partial charge on any atom is 0.329 e. The van der Waals surface area contributed by atoms with Crippen molar-refractivity contribution >= 4 is 88.5 Å².